The lowest BCUT2D eigenvalue weighted by Crippen LogP contribution is -2.36. The number of esters is 1. The highest BCUT2D eigenvalue weighted by Gasteiger charge is 2.16. The maximum absolute atomic E-state index is 12.8. The molecule has 2 aromatic carbocycles. The van der Waals surface area contributed by atoms with Crippen LogP contribution in [-0.4, -0.2) is 43.6 Å². The zero-order valence-electron chi connectivity index (χ0n) is 16.0. The standard InChI is InChI=1S/C22H27NO4/c1-3-27-20-11-9-19(10-12-20)17-21(24)23(16-14-22(25)26-2)15-13-18-7-5-4-6-8-18/h4-12H,3,13-17H2,1-2H3. The molecule has 0 atom stereocenters. The Bertz CT molecular complexity index is 713. The van der Waals surface area contributed by atoms with Gasteiger partial charge in [-0.05, 0) is 36.6 Å². The van der Waals surface area contributed by atoms with Crippen LogP contribution in [0.2, 0.25) is 0 Å². The first kappa shape index (κ1) is 20.5. The molecular weight excluding hydrogens is 342 g/mol. The number of hydrogen-bond acceptors (Lipinski definition) is 4. The van der Waals surface area contributed by atoms with Gasteiger partial charge in [0.15, 0.2) is 0 Å². The van der Waals surface area contributed by atoms with Gasteiger partial charge in [0.25, 0.3) is 0 Å². The summed E-state index contributed by atoms with van der Waals surface area (Å²) in [5, 5.41) is 0. The second-order valence-corrected chi connectivity index (χ2v) is 6.20. The average Bonchev–Trinajstić information content (AvgIpc) is 2.70. The molecule has 27 heavy (non-hydrogen) atoms. The molecular formula is C22H27NO4. The van der Waals surface area contributed by atoms with Gasteiger partial charge in [-0.15, -0.1) is 0 Å². The second-order valence-electron chi connectivity index (χ2n) is 6.20. The molecule has 0 aliphatic heterocycles. The Morgan fingerprint density at radius 1 is 0.926 bits per heavy atom. The molecule has 2 aromatic rings. The van der Waals surface area contributed by atoms with Crippen LogP contribution in [0.15, 0.2) is 54.6 Å². The minimum absolute atomic E-state index is 0.000931. The van der Waals surface area contributed by atoms with Crippen molar-refractivity contribution in [3.63, 3.8) is 0 Å². The van der Waals surface area contributed by atoms with Crippen molar-refractivity contribution in [3.8, 4) is 5.75 Å². The molecule has 0 aliphatic carbocycles. The zero-order valence-corrected chi connectivity index (χ0v) is 16.0. The number of hydrogen-bond donors (Lipinski definition) is 0. The number of carbonyl (C=O) groups is 2. The van der Waals surface area contributed by atoms with E-state index < -0.39 is 0 Å². The lowest BCUT2D eigenvalue weighted by Gasteiger charge is -2.22. The number of benzene rings is 2. The predicted molar refractivity (Wildman–Crippen MR) is 105 cm³/mol. The zero-order chi connectivity index (χ0) is 19.5. The van der Waals surface area contributed by atoms with Crippen LogP contribution in [0.25, 0.3) is 0 Å². The van der Waals surface area contributed by atoms with Crippen molar-refractivity contribution in [2.24, 2.45) is 0 Å². The molecule has 2 rings (SSSR count). The van der Waals surface area contributed by atoms with Gasteiger partial charge in [0, 0.05) is 13.1 Å². The second kappa shape index (κ2) is 11.0. The van der Waals surface area contributed by atoms with Crippen molar-refractivity contribution in [1.29, 1.82) is 0 Å². The molecule has 0 bridgehead atoms. The summed E-state index contributed by atoms with van der Waals surface area (Å²) in [6, 6.07) is 17.5. The minimum atomic E-state index is -0.312. The predicted octanol–water partition coefficient (Wildman–Crippen LogP) is 3.26. The summed E-state index contributed by atoms with van der Waals surface area (Å²) < 4.78 is 10.1. The topological polar surface area (TPSA) is 55.8 Å². The van der Waals surface area contributed by atoms with E-state index in [-0.39, 0.29) is 18.3 Å². The quantitative estimate of drug-likeness (QED) is 0.603. The third kappa shape index (κ3) is 7.13. The van der Waals surface area contributed by atoms with E-state index in [0.29, 0.717) is 26.1 Å². The van der Waals surface area contributed by atoms with Crippen LogP contribution in [0.5, 0.6) is 5.75 Å². The normalized spacial score (nSPS) is 10.3. The Hall–Kier alpha value is -2.82. The molecule has 144 valence electrons. The van der Waals surface area contributed by atoms with Crippen LogP contribution in [0, 0.1) is 0 Å². The molecule has 0 saturated heterocycles. The Labute approximate surface area is 160 Å². The number of carbonyl (C=O) groups excluding carboxylic acids is 2. The van der Waals surface area contributed by atoms with Crippen molar-refractivity contribution in [2.45, 2.75) is 26.2 Å². The molecule has 0 heterocycles. The maximum Gasteiger partial charge on any atom is 0.307 e. The minimum Gasteiger partial charge on any atom is -0.494 e. The van der Waals surface area contributed by atoms with E-state index in [4.69, 9.17) is 9.47 Å². The molecule has 1 amide bonds. The van der Waals surface area contributed by atoms with E-state index in [1.807, 2.05) is 61.5 Å². The molecule has 0 radical (unpaired) electrons. The number of methoxy groups -OCH3 is 1. The van der Waals surface area contributed by atoms with E-state index in [1.165, 1.54) is 7.11 Å². The molecule has 0 spiro atoms. The summed E-state index contributed by atoms with van der Waals surface area (Å²) >= 11 is 0. The lowest BCUT2D eigenvalue weighted by molar-refractivity contribution is -0.141. The molecule has 5 heteroatoms. The highest BCUT2D eigenvalue weighted by molar-refractivity contribution is 5.79. The van der Waals surface area contributed by atoms with Gasteiger partial charge in [0.05, 0.1) is 26.6 Å². The number of nitrogens with zero attached hydrogens (tertiary/aromatic N) is 1. The Kier molecular flexibility index (Phi) is 8.36. The van der Waals surface area contributed by atoms with Gasteiger partial charge in [0.1, 0.15) is 5.75 Å². The van der Waals surface area contributed by atoms with Gasteiger partial charge in [-0.25, -0.2) is 0 Å². The first-order chi connectivity index (χ1) is 13.1. The maximum atomic E-state index is 12.8. The SMILES string of the molecule is CCOc1ccc(CC(=O)N(CCC(=O)OC)CCc2ccccc2)cc1. The number of amides is 1. The van der Waals surface area contributed by atoms with Crippen molar-refractivity contribution in [3.05, 3.63) is 65.7 Å². The summed E-state index contributed by atoms with van der Waals surface area (Å²) in [6.07, 6.45) is 1.24. The fourth-order valence-corrected chi connectivity index (χ4v) is 2.75. The monoisotopic (exact) mass is 369 g/mol. The lowest BCUT2D eigenvalue weighted by atomic mass is 10.1. The van der Waals surface area contributed by atoms with Crippen LogP contribution in [-0.2, 0) is 27.2 Å². The van der Waals surface area contributed by atoms with Crippen LogP contribution in [0.3, 0.4) is 0 Å². The molecule has 0 aliphatic rings. The van der Waals surface area contributed by atoms with Crippen LogP contribution < -0.4 is 4.74 Å². The third-order valence-corrected chi connectivity index (χ3v) is 4.27. The summed E-state index contributed by atoms with van der Waals surface area (Å²) in [6.45, 7) is 3.47. The molecule has 0 N–H and O–H groups in total. The van der Waals surface area contributed by atoms with Crippen molar-refractivity contribution < 1.29 is 19.1 Å². The highest BCUT2D eigenvalue weighted by Crippen LogP contribution is 2.14. The molecule has 0 aromatic heterocycles. The Balaban J connectivity index is 1.98. The van der Waals surface area contributed by atoms with Gasteiger partial charge in [-0.1, -0.05) is 42.5 Å². The molecule has 0 saturated carbocycles. The van der Waals surface area contributed by atoms with E-state index in [9.17, 15) is 9.59 Å². The van der Waals surface area contributed by atoms with Gasteiger partial charge < -0.3 is 14.4 Å². The average molecular weight is 369 g/mol. The smallest absolute Gasteiger partial charge is 0.307 e. The van der Waals surface area contributed by atoms with E-state index >= 15 is 0 Å². The largest absolute Gasteiger partial charge is 0.494 e. The Morgan fingerprint density at radius 3 is 2.26 bits per heavy atom. The van der Waals surface area contributed by atoms with E-state index in [1.54, 1.807) is 4.90 Å². The number of ether oxygens (including phenoxy) is 2. The summed E-state index contributed by atoms with van der Waals surface area (Å²) in [4.78, 5) is 26.0. The summed E-state index contributed by atoms with van der Waals surface area (Å²) in [5.41, 5.74) is 2.08. The van der Waals surface area contributed by atoms with Crippen molar-refractivity contribution in [1.82, 2.24) is 4.90 Å². The van der Waals surface area contributed by atoms with Gasteiger partial charge in [-0.3, -0.25) is 9.59 Å². The van der Waals surface area contributed by atoms with Crippen molar-refractivity contribution in [2.75, 3.05) is 26.8 Å². The van der Waals surface area contributed by atoms with Gasteiger partial charge in [0.2, 0.25) is 5.91 Å². The van der Waals surface area contributed by atoms with Gasteiger partial charge >= 0.3 is 5.97 Å². The van der Waals surface area contributed by atoms with E-state index in [0.717, 1.165) is 23.3 Å². The first-order valence-electron chi connectivity index (χ1n) is 9.22. The van der Waals surface area contributed by atoms with Crippen LogP contribution in [0.4, 0.5) is 0 Å². The summed E-state index contributed by atoms with van der Waals surface area (Å²) in [7, 11) is 1.36. The molecule has 0 unspecified atom stereocenters. The fraction of sp³-hybridized carbons (Fsp3) is 0.364. The molecule has 0 fully saturated rings. The van der Waals surface area contributed by atoms with Crippen LogP contribution >= 0.6 is 0 Å². The van der Waals surface area contributed by atoms with Gasteiger partial charge in [-0.2, -0.15) is 0 Å². The fourth-order valence-electron chi connectivity index (χ4n) is 2.75. The van der Waals surface area contributed by atoms with Crippen LogP contribution in [0.1, 0.15) is 24.5 Å². The van der Waals surface area contributed by atoms with Crippen molar-refractivity contribution >= 4 is 11.9 Å². The summed E-state index contributed by atoms with van der Waals surface area (Å²) in [5.74, 6) is 0.480. The van der Waals surface area contributed by atoms with E-state index in [2.05, 4.69) is 0 Å². The third-order valence-electron chi connectivity index (χ3n) is 4.27. The Morgan fingerprint density at radius 2 is 1.63 bits per heavy atom. The first-order valence-corrected chi connectivity index (χ1v) is 9.22. The molecule has 5 nitrogen and oxygen atoms in total. The highest BCUT2D eigenvalue weighted by atomic mass is 16.5. The number of rotatable bonds is 10.